The summed E-state index contributed by atoms with van der Waals surface area (Å²) in [5, 5.41) is 0. The largest absolute Gasteiger partial charge is 0.465 e. The van der Waals surface area contributed by atoms with E-state index in [9.17, 15) is 28.8 Å². The fraction of sp³-hybridized carbons (Fsp3) is 0.333. The molecule has 0 amide bonds. The Kier molecular flexibility index (Phi) is 14.2. The fourth-order valence-electron chi connectivity index (χ4n) is 5.14. The first kappa shape index (κ1) is 38.2. The standard InChI is InChI=1S/C36H39N3O12/c1-46-31(40)28-13-7-4-10-25(28)22-49-19-16-37-34(43)38(17-20-50-23-26-11-5-8-14-29(26)32(41)47-2)36(45)39(35(37)44)18-21-51-24-27-12-6-9-15-30(27)33(42)48-3/h4-15H,16-24H2,1-3H3. The van der Waals surface area contributed by atoms with Crippen molar-refractivity contribution >= 4 is 17.9 Å². The lowest BCUT2D eigenvalue weighted by molar-refractivity contribution is 0.0583. The number of nitrogens with zero attached hydrogens (tertiary/aromatic N) is 3. The molecule has 0 aliphatic carbocycles. The summed E-state index contributed by atoms with van der Waals surface area (Å²) in [6.07, 6.45) is 0. The number of methoxy groups -OCH3 is 3. The molecule has 4 aromatic rings. The lowest BCUT2D eigenvalue weighted by Crippen LogP contribution is -2.55. The summed E-state index contributed by atoms with van der Waals surface area (Å²) in [4.78, 5) is 76.9. The Bertz CT molecular complexity index is 1760. The van der Waals surface area contributed by atoms with Crippen molar-refractivity contribution in [3.63, 3.8) is 0 Å². The second kappa shape index (κ2) is 18.9. The smallest absolute Gasteiger partial charge is 0.338 e. The molecule has 0 atom stereocenters. The Labute approximate surface area is 292 Å². The minimum absolute atomic E-state index is 0.00434. The molecule has 3 aromatic carbocycles. The van der Waals surface area contributed by atoms with Gasteiger partial charge in [0.05, 0.1) is 97.3 Å². The summed E-state index contributed by atoms with van der Waals surface area (Å²) in [5.41, 5.74) is -0.00359. The third-order valence-corrected chi connectivity index (χ3v) is 7.80. The number of benzene rings is 3. The van der Waals surface area contributed by atoms with Crippen LogP contribution < -0.4 is 17.1 Å². The molecule has 1 aromatic heterocycles. The van der Waals surface area contributed by atoms with Crippen molar-refractivity contribution in [1.82, 2.24) is 13.7 Å². The molecular weight excluding hydrogens is 666 g/mol. The highest BCUT2D eigenvalue weighted by molar-refractivity contribution is 5.91. The summed E-state index contributed by atoms with van der Waals surface area (Å²) >= 11 is 0. The van der Waals surface area contributed by atoms with Crippen LogP contribution in [0.3, 0.4) is 0 Å². The van der Waals surface area contributed by atoms with Crippen LogP contribution in [-0.2, 0) is 67.9 Å². The van der Waals surface area contributed by atoms with Gasteiger partial charge >= 0.3 is 35.0 Å². The van der Waals surface area contributed by atoms with Crippen LogP contribution in [-0.4, -0.2) is 72.8 Å². The van der Waals surface area contributed by atoms with Gasteiger partial charge in [-0.1, -0.05) is 54.6 Å². The van der Waals surface area contributed by atoms with Crippen LogP contribution in [0.4, 0.5) is 0 Å². The maximum Gasteiger partial charge on any atom is 0.338 e. The molecule has 4 rings (SSSR count). The first-order chi connectivity index (χ1) is 24.7. The van der Waals surface area contributed by atoms with Gasteiger partial charge in [-0.05, 0) is 34.9 Å². The summed E-state index contributed by atoms with van der Waals surface area (Å²) in [5.74, 6) is -1.60. The molecular formula is C36H39N3O12. The van der Waals surface area contributed by atoms with Gasteiger partial charge in [-0.15, -0.1) is 0 Å². The predicted octanol–water partition coefficient (Wildman–Crippen LogP) is 2.18. The van der Waals surface area contributed by atoms with Crippen molar-refractivity contribution in [3.05, 3.63) is 138 Å². The molecule has 1 heterocycles. The number of hydrogen-bond acceptors (Lipinski definition) is 12. The van der Waals surface area contributed by atoms with Gasteiger partial charge in [-0.3, -0.25) is 0 Å². The summed E-state index contributed by atoms with van der Waals surface area (Å²) < 4.78 is 34.3. The van der Waals surface area contributed by atoms with Crippen LogP contribution in [0.5, 0.6) is 0 Å². The van der Waals surface area contributed by atoms with Crippen LogP contribution in [0.25, 0.3) is 0 Å². The number of rotatable bonds is 18. The molecule has 0 aliphatic heterocycles. The van der Waals surface area contributed by atoms with Gasteiger partial charge in [0.25, 0.3) is 0 Å². The second-order valence-corrected chi connectivity index (χ2v) is 10.9. The Morgan fingerprint density at radius 2 is 0.706 bits per heavy atom. The second-order valence-electron chi connectivity index (χ2n) is 10.9. The molecule has 0 saturated heterocycles. The highest BCUT2D eigenvalue weighted by Crippen LogP contribution is 2.13. The van der Waals surface area contributed by atoms with Crippen LogP contribution in [0, 0.1) is 0 Å². The Hall–Kier alpha value is -5.64. The Morgan fingerprint density at radius 1 is 0.451 bits per heavy atom. The van der Waals surface area contributed by atoms with Gasteiger partial charge in [-0.2, -0.15) is 0 Å². The van der Waals surface area contributed by atoms with Crippen molar-refractivity contribution in [3.8, 4) is 0 Å². The van der Waals surface area contributed by atoms with Crippen LogP contribution in [0.1, 0.15) is 47.8 Å². The van der Waals surface area contributed by atoms with Crippen molar-refractivity contribution in [1.29, 1.82) is 0 Å². The van der Waals surface area contributed by atoms with E-state index in [1.165, 1.54) is 21.3 Å². The van der Waals surface area contributed by atoms with Crippen LogP contribution in [0.15, 0.2) is 87.2 Å². The third-order valence-electron chi connectivity index (χ3n) is 7.80. The van der Waals surface area contributed by atoms with E-state index >= 15 is 0 Å². The van der Waals surface area contributed by atoms with E-state index in [1.807, 2.05) is 0 Å². The maximum absolute atomic E-state index is 13.5. The number of carbonyl (C=O) groups is 3. The monoisotopic (exact) mass is 705 g/mol. The van der Waals surface area contributed by atoms with Gasteiger partial charge in [0, 0.05) is 0 Å². The topological polar surface area (TPSA) is 173 Å². The summed E-state index contributed by atoms with van der Waals surface area (Å²) in [6.45, 7) is -0.961. The zero-order valence-electron chi connectivity index (χ0n) is 28.5. The average molecular weight is 706 g/mol. The molecule has 0 unspecified atom stereocenters. The summed E-state index contributed by atoms with van der Waals surface area (Å²) in [6, 6.07) is 20.1. The third kappa shape index (κ3) is 9.75. The Morgan fingerprint density at radius 3 is 0.961 bits per heavy atom. The molecule has 0 spiro atoms. The molecule has 15 nitrogen and oxygen atoms in total. The van der Waals surface area contributed by atoms with E-state index in [4.69, 9.17) is 28.4 Å². The van der Waals surface area contributed by atoms with E-state index < -0.39 is 35.0 Å². The number of aromatic nitrogens is 3. The van der Waals surface area contributed by atoms with Crippen molar-refractivity contribution in [2.75, 3.05) is 41.2 Å². The van der Waals surface area contributed by atoms with E-state index in [1.54, 1.807) is 72.8 Å². The van der Waals surface area contributed by atoms with Gasteiger partial charge < -0.3 is 28.4 Å². The molecule has 270 valence electrons. The van der Waals surface area contributed by atoms with E-state index in [0.717, 1.165) is 13.7 Å². The minimum Gasteiger partial charge on any atom is -0.465 e. The molecule has 0 saturated carbocycles. The van der Waals surface area contributed by atoms with E-state index in [-0.39, 0.29) is 59.3 Å². The molecule has 15 heteroatoms. The molecule has 0 bridgehead atoms. The van der Waals surface area contributed by atoms with Crippen molar-refractivity contribution in [2.24, 2.45) is 0 Å². The van der Waals surface area contributed by atoms with Crippen molar-refractivity contribution in [2.45, 2.75) is 39.5 Å². The molecule has 0 N–H and O–H groups in total. The average Bonchev–Trinajstić information content (AvgIpc) is 3.16. The highest BCUT2D eigenvalue weighted by Gasteiger charge is 2.18. The highest BCUT2D eigenvalue weighted by atomic mass is 16.5. The van der Waals surface area contributed by atoms with Gasteiger partial charge in [0.15, 0.2) is 0 Å². The SMILES string of the molecule is COC(=O)c1ccccc1COCCn1c(=O)n(CCOCc2ccccc2C(=O)OC)c(=O)n(CCOCc2ccccc2C(=O)OC)c1=O. The fourth-order valence-corrected chi connectivity index (χ4v) is 5.14. The lowest BCUT2D eigenvalue weighted by atomic mass is 10.1. The first-order valence-electron chi connectivity index (χ1n) is 15.9. The number of carbonyl (C=O) groups excluding carboxylic acids is 3. The maximum atomic E-state index is 13.5. The van der Waals surface area contributed by atoms with E-state index in [0.29, 0.717) is 33.4 Å². The molecule has 0 radical (unpaired) electrons. The Balaban J connectivity index is 1.51. The van der Waals surface area contributed by atoms with Gasteiger partial charge in [0.1, 0.15) is 0 Å². The first-order valence-corrected chi connectivity index (χ1v) is 15.9. The number of esters is 3. The van der Waals surface area contributed by atoms with Crippen LogP contribution in [0.2, 0.25) is 0 Å². The zero-order valence-corrected chi connectivity index (χ0v) is 28.5. The quantitative estimate of drug-likeness (QED) is 0.0841. The zero-order chi connectivity index (χ0) is 36.8. The predicted molar refractivity (Wildman–Crippen MR) is 182 cm³/mol. The van der Waals surface area contributed by atoms with Gasteiger partial charge in [-0.25, -0.2) is 42.5 Å². The van der Waals surface area contributed by atoms with Gasteiger partial charge in [0.2, 0.25) is 0 Å². The number of hydrogen-bond donors (Lipinski definition) is 0. The molecule has 0 aliphatic rings. The van der Waals surface area contributed by atoms with Crippen LogP contribution >= 0.6 is 0 Å². The minimum atomic E-state index is -0.869. The van der Waals surface area contributed by atoms with E-state index in [2.05, 4.69) is 0 Å². The molecule has 51 heavy (non-hydrogen) atoms. The summed E-state index contributed by atoms with van der Waals surface area (Å²) in [7, 11) is 3.81. The number of ether oxygens (including phenoxy) is 6. The molecule has 0 fully saturated rings. The van der Waals surface area contributed by atoms with Crippen molar-refractivity contribution < 1.29 is 42.8 Å². The lowest BCUT2D eigenvalue weighted by Gasteiger charge is -2.15. The normalized spacial score (nSPS) is 10.9.